The molecule has 0 fully saturated rings. The average Bonchev–Trinajstić information content (AvgIpc) is 2.89. The van der Waals surface area contributed by atoms with Gasteiger partial charge >= 0.3 is 0 Å². The molecule has 0 bridgehead atoms. The van der Waals surface area contributed by atoms with Crippen LogP contribution in [0.15, 0.2) is 36.4 Å². The van der Waals surface area contributed by atoms with Crippen molar-refractivity contribution in [3.8, 4) is 11.5 Å². The molecule has 0 unspecified atom stereocenters. The minimum Gasteiger partial charge on any atom is -0.454 e. The Kier molecular flexibility index (Phi) is 3.43. The average molecular weight is 291 g/mol. The first-order valence-electron chi connectivity index (χ1n) is 6.25. The maximum Gasteiger partial charge on any atom is 0.231 e. The Morgan fingerprint density at radius 1 is 1.10 bits per heavy atom. The van der Waals surface area contributed by atoms with Gasteiger partial charge in [-0.2, -0.15) is 0 Å². The van der Waals surface area contributed by atoms with Gasteiger partial charge in [-0.25, -0.2) is 8.78 Å². The number of benzene rings is 2. The Hall–Kier alpha value is -2.63. The Morgan fingerprint density at radius 3 is 2.71 bits per heavy atom. The van der Waals surface area contributed by atoms with E-state index >= 15 is 0 Å². The lowest BCUT2D eigenvalue weighted by Gasteiger charge is -2.07. The van der Waals surface area contributed by atoms with Crippen molar-refractivity contribution in [1.82, 2.24) is 0 Å². The third kappa shape index (κ3) is 2.94. The maximum atomic E-state index is 13.4. The second-order valence-corrected chi connectivity index (χ2v) is 4.54. The van der Waals surface area contributed by atoms with E-state index in [9.17, 15) is 13.6 Å². The third-order valence-electron chi connectivity index (χ3n) is 3.01. The van der Waals surface area contributed by atoms with Gasteiger partial charge < -0.3 is 14.8 Å². The van der Waals surface area contributed by atoms with Crippen LogP contribution in [0.25, 0.3) is 0 Å². The van der Waals surface area contributed by atoms with Gasteiger partial charge in [0.15, 0.2) is 11.5 Å². The third-order valence-corrected chi connectivity index (χ3v) is 3.01. The number of hydrogen-bond donors (Lipinski definition) is 1. The Morgan fingerprint density at radius 2 is 1.90 bits per heavy atom. The summed E-state index contributed by atoms with van der Waals surface area (Å²) >= 11 is 0. The van der Waals surface area contributed by atoms with Crippen LogP contribution in [-0.4, -0.2) is 12.7 Å². The topological polar surface area (TPSA) is 47.6 Å². The molecule has 0 atom stereocenters. The zero-order valence-electron chi connectivity index (χ0n) is 10.9. The Balaban J connectivity index is 1.69. The van der Waals surface area contributed by atoms with Crippen LogP contribution < -0.4 is 14.8 Å². The summed E-state index contributed by atoms with van der Waals surface area (Å²) in [6.07, 6.45) is 0.0491. The SMILES string of the molecule is O=C(Cc1ccc2c(c1)OCO2)Nc1ccc(F)cc1F. The molecular formula is C15H11F2NO3. The van der Waals surface area contributed by atoms with Gasteiger partial charge in [-0.1, -0.05) is 6.07 Å². The van der Waals surface area contributed by atoms with E-state index in [1.165, 1.54) is 6.07 Å². The van der Waals surface area contributed by atoms with E-state index < -0.39 is 17.5 Å². The molecule has 1 heterocycles. The molecule has 2 aromatic rings. The first-order valence-corrected chi connectivity index (χ1v) is 6.25. The van der Waals surface area contributed by atoms with Crippen LogP contribution >= 0.6 is 0 Å². The zero-order chi connectivity index (χ0) is 14.8. The van der Waals surface area contributed by atoms with Crippen molar-refractivity contribution in [1.29, 1.82) is 0 Å². The van der Waals surface area contributed by atoms with Crippen LogP contribution in [0.1, 0.15) is 5.56 Å². The van der Waals surface area contributed by atoms with E-state index in [1.54, 1.807) is 18.2 Å². The van der Waals surface area contributed by atoms with Crippen molar-refractivity contribution >= 4 is 11.6 Å². The maximum absolute atomic E-state index is 13.4. The lowest BCUT2D eigenvalue weighted by Crippen LogP contribution is -2.15. The summed E-state index contributed by atoms with van der Waals surface area (Å²) in [5, 5.41) is 2.40. The second-order valence-electron chi connectivity index (χ2n) is 4.54. The van der Waals surface area contributed by atoms with E-state index in [-0.39, 0.29) is 18.9 Å². The summed E-state index contributed by atoms with van der Waals surface area (Å²) < 4.78 is 36.6. The van der Waals surface area contributed by atoms with Crippen LogP contribution in [0.3, 0.4) is 0 Å². The number of ether oxygens (including phenoxy) is 2. The molecule has 0 aliphatic carbocycles. The monoisotopic (exact) mass is 291 g/mol. The molecule has 4 nitrogen and oxygen atoms in total. The fourth-order valence-corrected chi connectivity index (χ4v) is 2.02. The molecule has 6 heteroatoms. The van der Waals surface area contributed by atoms with E-state index in [0.717, 1.165) is 12.1 Å². The summed E-state index contributed by atoms with van der Waals surface area (Å²) in [6.45, 7) is 0.159. The predicted molar refractivity (Wildman–Crippen MR) is 71.3 cm³/mol. The molecule has 0 saturated heterocycles. The van der Waals surface area contributed by atoms with Crippen LogP contribution in [0.2, 0.25) is 0 Å². The molecule has 1 amide bonds. The number of nitrogens with one attached hydrogen (secondary N) is 1. The highest BCUT2D eigenvalue weighted by molar-refractivity contribution is 5.92. The quantitative estimate of drug-likeness (QED) is 0.946. The van der Waals surface area contributed by atoms with E-state index in [2.05, 4.69) is 5.32 Å². The number of hydrogen-bond acceptors (Lipinski definition) is 3. The highest BCUT2D eigenvalue weighted by atomic mass is 19.1. The molecule has 108 valence electrons. The summed E-state index contributed by atoms with van der Waals surface area (Å²) in [5.74, 6) is -0.702. The molecule has 21 heavy (non-hydrogen) atoms. The van der Waals surface area contributed by atoms with Gasteiger partial charge in [0.05, 0.1) is 12.1 Å². The Bertz CT molecular complexity index is 703. The summed E-state index contributed by atoms with van der Waals surface area (Å²) in [4.78, 5) is 11.9. The highest BCUT2D eigenvalue weighted by Gasteiger charge is 2.15. The van der Waals surface area contributed by atoms with Gasteiger partial charge in [0.1, 0.15) is 11.6 Å². The fraction of sp³-hybridized carbons (Fsp3) is 0.133. The number of amides is 1. The fourth-order valence-electron chi connectivity index (χ4n) is 2.02. The summed E-state index contributed by atoms with van der Waals surface area (Å²) in [5.41, 5.74) is 0.654. The summed E-state index contributed by atoms with van der Waals surface area (Å²) in [7, 11) is 0. The first-order chi connectivity index (χ1) is 10.1. The number of halogens is 2. The van der Waals surface area contributed by atoms with Gasteiger partial charge in [-0.15, -0.1) is 0 Å². The minimum absolute atomic E-state index is 0.0491. The van der Waals surface area contributed by atoms with Crippen molar-refractivity contribution in [3.05, 3.63) is 53.6 Å². The number of rotatable bonds is 3. The molecule has 0 aromatic heterocycles. The van der Waals surface area contributed by atoms with Crippen molar-refractivity contribution < 1.29 is 23.0 Å². The van der Waals surface area contributed by atoms with Gasteiger partial charge in [0, 0.05) is 6.07 Å². The molecule has 3 rings (SSSR count). The van der Waals surface area contributed by atoms with Crippen molar-refractivity contribution in [3.63, 3.8) is 0 Å². The van der Waals surface area contributed by atoms with E-state index in [4.69, 9.17) is 9.47 Å². The molecule has 1 N–H and O–H groups in total. The van der Waals surface area contributed by atoms with Crippen LogP contribution in [0.4, 0.5) is 14.5 Å². The van der Waals surface area contributed by atoms with Crippen molar-refractivity contribution in [2.75, 3.05) is 12.1 Å². The molecule has 0 spiro atoms. The van der Waals surface area contributed by atoms with Crippen molar-refractivity contribution in [2.24, 2.45) is 0 Å². The van der Waals surface area contributed by atoms with Crippen LogP contribution in [0, 0.1) is 11.6 Å². The molecule has 2 aromatic carbocycles. The molecule has 0 saturated carbocycles. The van der Waals surface area contributed by atoms with E-state index in [0.29, 0.717) is 17.1 Å². The van der Waals surface area contributed by atoms with Gasteiger partial charge in [0.25, 0.3) is 0 Å². The Labute approximate surface area is 119 Å². The van der Waals surface area contributed by atoms with E-state index in [1.807, 2.05) is 0 Å². The lowest BCUT2D eigenvalue weighted by atomic mass is 10.1. The number of anilines is 1. The lowest BCUT2D eigenvalue weighted by molar-refractivity contribution is -0.115. The van der Waals surface area contributed by atoms with Crippen LogP contribution in [-0.2, 0) is 11.2 Å². The van der Waals surface area contributed by atoms with Gasteiger partial charge in [-0.3, -0.25) is 4.79 Å². The molecule has 1 aliphatic rings. The normalized spacial score (nSPS) is 12.3. The van der Waals surface area contributed by atoms with Crippen molar-refractivity contribution in [2.45, 2.75) is 6.42 Å². The highest BCUT2D eigenvalue weighted by Crippen LogP contribution is 2.32. The second kappa shape index (κ2) is 5.40. The standard InChI is InChI=1S/C15H11F2NO3/c16-10-2-3-12(11(17)7-10)18-15(19)6-9-1-4-13-14(5-9)21-8-20-13/h1-5,7H,6,8H2,(H,18,19). The summed E-state index contributed by atoms with van der Waals surface area (Å²) in [6, 6.07) is 8.12. The zero-order valence-corrected chi connectivity index (χ0v) is 10.9. The first kappa shape index (κ1) is 13.4. The van der Waals surface area contributed by atoms with Gasteiger partial charge in [-0.05, 0) is 29.8 Å². The number of fused-ring (bicyclic) bond motifs is 1. The smallest absolute Gasteiger partial charge is 0.231 e. The molecular weight excluding hydrogens is 280 g/mol. The minimum atomic E-state index is -0.811. The largest absolute Gasteiger partial charge is 0.454 e. The predicted octanol–water partition coefficient (Wildman–Crippen LogP) is 2.87. The van der Waals surface area contributed by atoms with Gasteiger partial charge in [0.2, 0.25) is 12.7 Å². The van der Waals surface area contributed by atoms with Crippen LogP contribution in [0.5, 0.6) is 11.5 Å². The number of carbonyl (C=O) groups is 1. The molecule has 1 aliphatic heterocycles. The molecule has 0 radical (unpaired) electrons. The number of carbonyl (C=O) groups excluding carboxylic acids is 1.